The Morgan fingerprint density at radius 3 is 2.43 bits per heavy atom. The highest BCUT2D eigenvalue weighted by Gasteiger charge is 2.29. The topological polar surface area (TPSA) is 30.5 Å². The molecule has 1 fully saturated rings. The monoisotopic (exact) mass is 291 g/mol. The second kappa shape index (κ2) is 7.69. The molecule has 3 heteroatoms. The highest BCUT2D eigenvalue weighted by molar-refractivity contribution is 5.45. The minimum atomic E-state index is 0.200. The van der Waals surface area contributed by atoms with Crippen LogP contribution in [0.15, 0.2) is 18.2 Å². The number of hydrogen-bond donors (Lipinski definition) is 1. The van der Waals surface area contributed by atoms with Crippen LogP contribution in [0.3, 0.4) is 0 Å². The molecule has 1 aromatic rings. The van der Waals surface area contributed by atoms with Crippen molar-refractivity contribution in [1.82, 2.24) is 5.32 Å². The molecule has 1 heterocycles. The zero-order valence-electron chi connectivity index (χ0n) is 13.7. The van der Waals surface area contributed by atoms with Gasteiger partial charge in [-0.2, -0.15) is 0 Å². The van der Waals surface area contributed by atoms with Gasteiger partial charge in [-0.15, -0.1) is 0 Å². The van der Waals surface area contributed by atoms with Crippen molar-refractivity contribution in [2.45, 2.75) is 51.9 Å². The van der Waals surface area contributed by atoms with E-state index in [-0.39, 0.29) is 5.41 Å². The van der Waals surface area contributed by atoms with Crippen LogP contribution in [0.25, 0.3) is 0 Å². The van der Waals surface area contributed by atoms with E-state index in [4.69, 9.17) is 9.47 Å². The molecule has 3 nitrogen and oxygen atoms in total. The largest absolute Gasteiger partial charge is 0.490 e. The Labute approximate surface area is 129 Å². The molecule has 0 bridgehead atoms. The molecule has 0 amide bonds. The van der Waals surface area contributed by atoms with Crippen LogP contribution < -0.4 is 14.8 Å². The molecular formula is C18H29NO2. The van der Waals surface area contributed by atoms with Crippen LogP contribution in [0.2, 0.25) is 0 Å². The first kappa shape index (κ1) is 16.2. The third kappa shape index (κ3) is 4.13. The molecule has 1 aliphatic heterocycles. The lowest BCUT2D eigenvalue weighted by Crippen LogP contribution is -2.41. The molecule has 1 saturated heterocycles. The molecule has 1 atom stereocenters. The SMILES string of the molecule is CCCOc1ccc(C2(C)CCCNC2)cc1OCCC. The van der Waals surface area contributed by atoms with Gasteiger partial charge < -0.3 is 14.8 Å². The Morgan fingerprint density at radius 2 is 1.81 bits per heavy atom. The maximum atomic E-state index is 5.91. The number of hydrogen-bond acceptors (Lipinski definition) is 3. The number of nitrogens with one attached hydrogen (secondary N) is 1. The second-order valence-corrected chi connectivity index (χ2v) is 6.20. The fourth-order valence-corrected chi connectivity index (χ4v) is 2.84. The summed E-state index contributed by atoms with van der Waals surface area (Å²) in [7, 11) is 0. The first-order chi connectivity index (χ1) is 10.2. The smallest absolute Gasteiger partial charge is 0.161 e. The van der Waals surface area contributed by atoms with Crippen LogP contribution in [0.4, 0.5) is 0 Å². The van der Waals surface area contributed by atoms with Gasteiger partial charge in [-0.05, 0) is 49.9 Å². The summed E-state index contributed by atoms with van der Waals surface area (Å²) >= 11 is 0. The average Bonchev–Trinajstić information content (AvgIpc) is 2.52. The molecule has 0 aliphatic carbocycles. The van der Waals surface area contributed by atoms with Crippen LogP contribution in [0.5, 0.6) is 11.5 Å². The summed E-state index contributed by atoms with van der Waals surface area (Å²) in [6.07, 6.45) is 4.48. The van der Waals surface area contributed by atoms with Gasteiger partial charge in [-0.1, -0.05) is 26.8 Å². The summed E-state index contributed by atoms with van der Waals surface area (Å²) < 4.78 is 11.7. The molecule has 0 spiro atoms. The maximum Gasteiger partial charge on any atom is 0.161 e. The third-order valence-corrected chi connectivity index (χ3v) is 4.16. The van der Waals surface area contributed by atoms with Gasteiger partial charge in [0, 0.05) is 12.0 Å². The Morgan fingerprint density at radius 1 is 1.10 bits per heavy atom. The number of ether oxygens (including phenoxy) is 2. The van der Waals surface area contributed by atoms with E-state index in [0.717, 1.165) is 50.6 Å². The molecular weight excluding hydrogens is 262 g/mol. The fourth-order valence-electron chi connectivity index (χ4n) is 2.84. The zero-order valence-corrected chi connectivity index (χ0v) is 13.7. The van der Waals surface area contributed by atoms with Crippen molar-refractivity contribution in [2.24, 2.45) is 0 Å². The van der Waals surface area contributed by atoms with E-state index in [2.05, 4.69) is 44.3 Å². The maximum absolute atomic E-state index is 5.91. The van der Waals surface area contributed by atoms with Gasteiger partial charge in [0.05, 0.1) is 13.2 Å². The minimum absolute atomic E-state index is 0.200. The van der Waals surface area contributed by atoms with E-state index in [1.165, 1.54) is 18.4 Å². The van der Waals surface area contributed by atoms with Crippen molar-refractivity contribution in [1.29, 1.82) is 0 Å². The lowest BCUT2D eigenvalue weighted by Gasteiger charge is -2.35. The molecule has 2 rings (SSSR count). The molecule has 0 radical (unpaired) electrons. The van der Waals surface area contributed by atoms with Crippen molar-refractivity contribution in [2.75, 3.05) is 26.3 Å². The van der Waals surface area contributed by atoms with Crippen LogP contribution >= 0.6 is 0 Å². The minimum Gasteiger partial charge on any atom is -0.490 e. The van der Waals surface area contributed by atoms with E-state index < -0.39 is 0 Å². The van der Waals surface area contributed by atoms with E-state index in [9.17, 15) is 0 Å². The molecule has 1 aromatic carbocycles. The van der Waals surface area contributed by atoms with E-state index >= 15 is 0 Å². The highest BCUT2D eigenvalue weighted by Crippen LogP contribution is 2.37. The lowest BCUT2D eigenvalue weighted by molar-refractivity contribution is 0.266. The number of piperidine rings is 1. The first-order valence-corrected chi connectivity index (χ1v) is 8.30. The predicted octanol–water partition coefficient (Wildman–Crippen LogP) is 3.91. The van der Waals surface area contributed by atoms with Gasteiger partial charge in [0.1, 0.15) is 0 Å². The van der Waals surface area contributed by atoms with Crippen molar-refractivity contribution in [3.63, 3.8) is 0 Å². The zero-order chi connectivity index (χ0) is 15.1. The van der Waals surface area contributed by atoms with Crippen LogP contribution in [-0.4, -0.2) is 26.3 Å². The molecule has 0 aromatic heterocycles. The second-order valence-electron chi connectivity index (χ2n) is 6.20. The summed E-state index contributed by atoms with van der Waals surface area (Å²) in [5.74, 6) is 1.77. The van der Waals surface area contributed by atoms with Crippen molar-refractivity contribution < 1.29 is 9.47 Å². The third-order valence-electron chi connectivity index (χ3n) is 4.16. The van der Waals surface area contributed by atoms with E-state index in [0.29, 0.717) is 0 Å². The molecule has 0 saturated carbocycles. The first-order valence-electron chi connectivity index (χ1n) is 8.30. The van der Waals surface area contributed by atoms with E-state index in [1.54, 1.807) is 0 Å². The Kier molecular flexibility index (Phi) is 5.92. The Hall–Kier alpha value is -1.22. The summed E-state index contributed by atoms with van der Waals surface area (Å²) in [5, 5.41) is 3.51. The summed E-state index contributed by atoms with van der Waals surface area (Å²) in [6.45, 7) is 10.2. The van der Waals surface area contributed by atoms with Crippen molar-refractivity contribution in [3.8, 4) is 11.5 Å². The summed E-state index contributed by atoms with van der Waals surface area (Å²) in [4.78, 5) is 0. The van der Waals surface area contributed by atoms with Gasteiger partial charge in [-0.3, -0.25) is 0 Å². The van der Waals surface area contributed by atoms with Gasteiger partial charge in [0.15, 0.2) is 11.5 Å². The van der Waals surface area contributed by atoms with Crippen LogP contribution in [0, 0.1) is 0 Å². The number of rotatable bonds is 7. The van der Waals surface area contributed by atoms with Gasteiger partial charge in [-0.25, -0.2) is 0 Å². The molecule has 21 heavy (non-hydrogen) atoms. The Balaban J connectivity index is 2.22. The van der Waals surface area contributed by atoms with Crippen LogP contribution in [0.1, 0.15) is 52.0 Å². The predicted molar refractivity (Wildman–Crippen MR) is 87.5 cm³/mol. The number of benzene rings is 1. The molecule has 1 N–H and O–H groups in total. The summed E-state index contributed by atoms with van der Waals surface area (Å²) in [5.41, 5.74) is 1.55. The molecule has 118 valence electrons. The van der Waals surface area contributed by atoms with Crippen molar-refractivity contribution in [3.05, 3.63) is 23.8 Å². The highest BCUT2D eigenvalue weighted by atomic mass is 16.5. The quantitative estimate of drug-likeness (QED) is 0.826. The van der Waals surface area contributed by atoms with E-state index in [1.807, 2.05) is 0 Å². The normalized spacial score (nSPS) is 22.0. The van der Waals surface area contributed by atoms with Crippen molar-refractivity contribution >= 4 is 0 Å². The van der Waals surface area contributed by atoms with Gasteiger partial charge >= 0.3 is 0 Å². The van der Waals surface area contributed by atoms with Gasteiger partial charge in [0.2, 0.25) is 0 Å². The van der Waals surface area contributed by atoms with Crippen LogP contribution in [-0.2, 0) is 5.41 Å². The Bertz CT molecular complexity index is 439. The molecule has 1 unspecified atom stereocenters. The molecule has 1 aliphatic rings. The lowest BCUT2D eigenvalue weighted by atomic mass is 9.76. The fraction of sp³-hybridized carbons (Fsp3) is 0.667. The summed E-state index contributed by atoms with van der Waals surface area (Å²) in [6, 6.07) is 6.47. The van der Waals surface area contributed by atoms with Gasteiger partial charge in [0.25, 0.3) is 0 Å². The standard InChI is InChI=1S/C18H29NO2/c1-4-11-20-16-8-7-15(13-17(16)21-12-5-2)18(3)9-6-10-19-14-18/h7-8,13,19H,4-6,9-12,14H2,1-3H3. The average molecular weight is 291 g/mol.